The maximum atomic E-state index is 14.4. The molecule has 1 fully saturated rings. The number of ether oxygens (including phenoxy) is 1. The van der Waals surface area contributed by atoms with Gasteiger partial charge in [0.1, 0.15) is 11.6 Å². The number of anilines is 1. The summed E-state index contributed by atoms with van der Waals surface area (Å²) in [4.78, 5) is 50.2. The minimum absolute atomic E-state index is 0.198. The Balaban J connectivity index is 1.58. The second-order valence-corrected chi connectivity index (χ2v) is 7.12. The van der Waals surface area contributed by atoms with Crippen molar-refractivity contribution >= 4 is 29.3 Å². The molecule has 0 saturated carbocycles. The molecule has 2 N–H and O–H groups in total. The fourth-order valence-electron chi connectivity index (χ4n) is 3.77. The zero-order chi connectivity index (χ0) is 21.5. The van der Waals surface area contributed by atoms with Gasteiger partial charge in [-0.15, -0.1) is 0 Å². The number of fused-ring (bicyclic) bond motifs is 2. The Bertz CT molecular complexity index is 1090. The van der Waals surface area contributed by atoms with Crippen LogP contribution in [-0.4, -0.2) is 41.7 Å². The molecule has 0 bridgehead atoms. The first-order chi connectivity index (χ1) is 14.3. The number of Topliss-reactive ketones (excluding diaryl/α,β-unsaturated/α-hetero) is 1. The van der Waals surface area contributed by atoms with E-state index in [0.29, 0.717) is 11.3 Å². The van der Waals surface area contributed by atoms with Crippen LogP contribution in [0.15, 0.2) is 42.5 Å². The summed E-state index contributed by atoms with van der Waals surface area (Å²) in [5.41, 5.74) is -0.863. The van der Waals surface area contributed by atoms with Gasteiger partial charge < -0.3 is 15.4 Å². The highest BCUT2D eigenvalue weighted by molar-refractivity contribution is 6.11. The molecule has 8 nitrogen and oxygen atoms in total. The second-order valence-electron chi connectivity index (χ2n) is 7.12. The fraction of sp³-hybridized carbons (Fsp3) is 0.238. The van der Waals surface area contributed by atoms with E-state index in [2.05, 4.69) is 10.6 Å². The molecule has 2 heterocycles. The average molecular weight is 411 g/mol. The summed E-state index contributed by atoms with van der Waals surface area (Å²) in [5.74, 6) is -2.06. The molecule has 1 atom stereocenters. The van der Waals surface area contributed by atoms with E-state index in [1.807, 2.05) is 0 Å². The van der Waals surface area contributed by atoms with Crippen LogP contribution in [0.25, 0.3) is 0 Å². The topological polar surface area (TPSA) is 105 Å². The van der Waals surface area contributed by atoms with Crippen molar-refractivity contribution < 1.29 is 28.3 Å². The lowest BCUT2D eigenvalue weighted by Gasteiger charge is -2.33. The van der Waals surface area contributed by atoms with Crippen molar-refractivity contribution in [2.45, 2.75) is 18.9 Å². The van der Waals surface area contributed by atoms with Gasteiger partial charge >= 0.3 is 6.03 Å². The third kappa shape index (κ3) is 3.18. The molecule has 0 aliphatic carbocycles. The van der Waals surface area contributed by atoms with Crippen LogP contribution < -0.4 is 15.4 Å². The molecule has 1 saturated heterocycles. The molecule has 2 aliphatic heterocycles. The van der Waals surface area contributed by atoms with Gasteiger partial charge in [-0.2, -0.15) is 0 Å². The number of halogens is 1. The fourth-order valence-corrected chi connectivity index (χ4v) is 3.77. The number of ketones is 1. The largest absolute Gasteiger partial charge is 0.493 e. The highest BCUT2D eigenvalue weighted by Gasteiger charge is 2.55. The summed E-state index contributed by atoms with van der Waals surface area (Å²) in [6.45, 7) is 0.898. The van der Waals surface area contributed by atoms with Crippen LogP contribution in [0.2, 0.25) is 0 Å². The lowest BCUT2D eigenvalue weighted by atomic mass is 9.84. The van der Waals surface area contributed by atoms with Crippen molar-refractivity contribution in [3.05, 3.63) is 59.4 Å². The number of carbonyl (C=O) groups is 4. The van der Waals surface area contributed by atoms with Gasteiger partial charge in [-0.1, -0.05) is 18.2 Å². The lowest BCUT2D eigenvalue weighted by molar-refractivity contribution is -0.132. The van der Waals surface area contributed by atoms with Crippen LogP contribution in [0.3, 0.4) is 0 Å². The number of imide groups is 1. The van der Waals surface area contributed by atoms with Crippen molar-refractivity contribution in [1.29, 1.82) is 0 Å². The van der Waals surface area contributed by atoms with Crippen LogP contribution in [0.5, 0.6) is 5.75 Å². The Hall–Kier alpha value is -3.75. The number of nitrogens with zero attached hydrogens (tertiary/aromatic N) is 1. The first-order valence-corrected chi connectivity index (χ1v) is 9.28. The van der Waals surface area contributed by atoms with Gasteiger partial charge in [0.15, 0.2) is 11.3 Å². The third-order valence-electron chi connectivity index (χ3n) is 5.15. The molecule has 4 amide bonds. The summed E-state index contributed by atoms with van der Waals surface area (Å²) in [6, 6.07) is 9.76. The molecular formula is C21H18FN3O5. The zero-order valence-electron chi connectivity index (χ0n) is 16.0. The first-order valence-electron chi connectivity index (χ1n) is 9.28. The van der Waals surface area contributed by atoms with Gasteiger partial charge in [0, 0.05) is 24.6 Å². The quantitative estimate of drug-likeness (QED) is 0.593. The predicted molar refractivity (Wildman–Crippen MR) is 104 cm³/mol. The number of benzene rings is 2. The highest BCUT2D eigenvalue weighted by atomic mass is 19.1. The van der Waals surface area contributed by atoms with Crippen molar-refractivity contribution in [3.8, 4) is 5.75 Å². The molecule has 0 aromatic heterocycles. The minimum Gasteiger partial charge on any atom is -0.493 e. The third-order valence-corrected chi connectivity index (χ3v) is 5.15. The van der Waals surface area contributed by atoms with Crippen molar-refractivity contribution in [2.75, 3.05) is 18.5 Å². The number of carbonyl (C=O) groups excluding carboxylic acids is 4. The highest BCUT2D eigenvalue weighted by Crippen LogP contribution is 2.41. The minimum atomic E-state index is -1.31. The number of rotatable bonds is 4. The Morgan fingerprint density at radius 3 is 2.73 bits per heavy atom. The van der Waals surface area contributed by atoms with Gasteiger partial charge in [-0.3, -0.25) is 19.3 Å². The maximum absolute atomic E-state index is 14.4. The van der Waals surface area contributed by atoms with Gasteiger partial charge in [-0.25, -0.2) is 9.18 Å². The van der Waals surface area contributed by atoms with Crippen LogP contribution >= 0.6 is 0 Å². The molecular weight excluding hydrogens is 393 g/mol. The molecule has 1 spiro atoms. The van der Waals surface area contributed by atoms with E-state index in [4.69, 9.17) is 4.74 Å². The summed E-state index contributed by atoms with van der Waals surface area (Å²) in [6.07, 6.45) is 0.221. The number of amides is 4. The van der Waals surface area contributed by atoms with E-state index in [1.54, 1.807) is 24.3 Å². The Labute approximate surface area is 171 Å². The Morgan fingerprint density at radius 2 is 2.00 bits per heavy atom. The lowest BCUT2D eigenvalue weighted by Crippen LogP contribution is -2.47. The summed E-state index contributed by atoms with van der Waals surface area (Å²) >= 11 is 0. The number of para-hydroxylation sites is 1. The predicted octanol–water partition coefficient (Wildman–Crippen LogP) is 2.20. The van der Waals surface area contributed by atoms with E-state index < -0.39 is 35.6 Å². The van der Waals surface area contributed by atoms with Gasteiger partial charge in [-0.05, 0) is 24.3 Å². The Kier molecular flexibility index (Phi) is 4.73. The van der Waals surface area contributed by atoms with Gasteiger partial charge in [0.2, 0.25) is 5.91 Å². The first kappa shape index (κ1) is 19.6. The maximum Gasteiger partial charge on any atom is 0.325 e. The number of urea groups is 1. The number of hydrogen-bond acceptors (Lipinski definition) is 5. The van der Waals surface area contributed by atoms with Crippen LogP contribution in [0, 0.1) is 5.82 Å². The van der Waals surface area contributed by atoms with Crippen molar-refractivity contribution in [1.82, 2.24) is 10.2 Å². The van der Waals surface area contributed by atoms with Crippen LogP contribution in [-0.2, 0) is 15.1 Å². The number of nitrogens with one attached hydrogen (secondary N) is 2. The van der Waals surface area contributed by atoms with Crippen molar-refractivity contribution in [2.24, 2.45) is 0 Å². The average Bonchev–Trinajstić information content (AvgIpc) is 2.92. The normalized spacial score (nSPS) is 19.9. The van der Waals surface area contributed by atoms with E-state index in [-0.39, 0.29) is 30.2 Å². The molecule has 2 aromatic rings. The van der Waals surface area contributed by atoms with Gasteiger partial charge in [0.05, 0.1) is 18.7 Å². The number of hydrogen-bond donors (Lipinski definition) is 2. The monoisotopic (exact) mass is 411 g/mol. The molecule has 30 heavy (non-hydrogen) atoms. The molecule has 4 rings (SSSR count). The molecule has 2 aromatic carbocycles. The van der Waals surface area contributed by atoms with Crippen molar-refractivity contribution in [3.63, 3.8) is 0 Å². The smallest absolute Gasteiger partial charge is 0.325 e. The zero-order valence-corrected chi connectivity index (χ0v) is 16.0. The SMILES string of the molecule is CC(=O)Nc1ccc(C(=O)CN2C(=O)N[C@@]3(CCOc4ccccc43)C2=O)c(F)c1. The second kappa shape index (κ2) is 7.25. The van der Waals surface area contributed by atoms with Crippen LogP contribution in [0.4, 0.5) is 14.9 Å². The van der Waals surface area contributed by atoms with Crippen LogP contribution in [0.1, 0.15) is 29.3 Å². The molecule has 154 valence electrons. The standard InChI is InChI=1S/C21H18FN3O5/c1-12(26)23-13-6-7-14(16(22)10-13)17(27)11-25-19(28)21(24-20(25)29)8-9-30-18-5-3-2-4-15(18)21/h2-7,10H,8-9,11H2,1H3,(H,23,26)(H,24,29)/t21-/m1/s1. The van der Waals surface area contributed by atoms with E-state index in [1.165, 1.54) is 19.1 Å². The summed E-state index contributed by atoms with van der Waals surface area (Å²) < 4.78 is 19.9. The van der Waals surface area contributed by atoms with E-state index >= 15 is 0 Å². The Morgan fingerprint density at radius 1 is 1.23 bits per heavy atom. The molecule has 2 aliphatic rings. The molecule has 0 radical (unpaired) electrons. The molecule has 0 unspecified atom stereocenters. The molecule has 9 heteroatoms. The summed E-state index contributed by atoms with van der Waals surface area (Å²) in [5, 5.41) is 5.11. The summed E-state index contributed by atoms with van der Waals surface area (Å²) in [7, 11) is 0. The van der Waals surface area contributed by atoms with Gasteiger partial charge in [0.25, 0.3) is 5.91 Å². The van der Waals surface area contributed by atoms with E-state index in [9.17, 15) is 23.6 Å². The van der Waals surface area contributed by atoms with E-state index in [0.717, 1.165) is 11.0 Å².